The summed E-state index contributed by atoms with van der Waals surface area (Å²) in [5.74, 6) is 0.465. The number of aliphatic hydroxyl groups is 4. The first-order valence-electron chi connectivity index (χ1n) is 9.49. The van der Waals surface area contributed by atoms with Crippen LogP contribution in [0.4, 0.5) is 0 Å². The topological polar surface area (TPSA) is 90.2 Å². The molecule has 1 saturated heterocycles. The van der Waals surface area contributed by atoms with Crippen LogP contribution in [0.25, 0.3) is 0 Å². The summed E-state index contributed by atoms with van der Waals surface area (Å²) in [6.45, 7) is 3.84. The van der Waals surface area contributed by atoms with Crippen molar-refractivity contribution in [1.82, 2.24) is 0 Å². The zero-order valence-corrected chi connectivity index (χ0v) is 16.8. The number of ether oxygens (including phenoxy) is 1. The minimum Gasteiger partial charge on any atom is -0.394 e. The number of halogens is 1. The Bertz CT molecular complexity index is 790. The molecule has 1 heterocycles. The molecule has 6 heteroatoms. The average Bonchev–Trinajstić information content (AvgIpc) is 2.69. The molecule has 2 aromatic carbocycles. The fraction of sp³-hybridized carbons (Fsp3) is 0.455. The van der Waals surface area contributed by atoms with Crippen LogP contribution in [-0.4, -0.2) is 51.4 Å². The fourth-order valence-electron chi connectivity index (χ4n) is 3.52. The third-order valence-corrected chi connectivity index (χ3v) is 5.70. The van der Waals surface area contributed by atoms with E-state index in [9.17, 15) is 20.4 Å². The van der Waals surface area contributed by atoms with Crippen LogP contribution in [0.3, 0.4) is 0 Å². The van der Waals surface area contributed by atoms with Crippen LogP contribution in [0.5, 0.6) is 0 Å². The van der Waals surface area contributed by atoms with Gasteiger partial charge in [0.05, 0.1) is 6.61 Å². The van der Waals surface area contributed by atoms with E-state index < -0.39 is 37.1 Å². The summed E-state index contributed by atoms with van der Waals surface area (Å²) in [6.07, 6.45) is -5.28. The van der Waals surface area contributed by atoms with Gasteiger partial charge in [0, 0.05) is 5.02 Å². The molecule has 3 rings (SSSR count). The molecule has 1 aliphatic heterocycles. The van der Waals surface area contributed by atoms with Crippen molar-refractivity contribution in [2.24, 2.45) is 0 Å². The predicted octanol–water partition coefficient (Wildman–Crippen LogP) is 2.57. The average molecular weight is 407 g/mol. The van der Waals surface area contributed by atoms with E-state index in [1.807, 2.05) is 6.07 Å². The van der Waals surface area contributed by atoms with Crippen LogP contribution < -0.4 is 0 Å². The first kappa shape index (κ1) is 21.2. The molecule has 4 N–H and O–H groups in total. The highest BCUT2D eigenvalue weighted by Gasteiger charge is 2.43. The fourth-order valence-corrected chi connectivity index (χ4v) is 3.71. The van der Waals surface area contributed by atoms with E-state index in [1.54, 1.807) is 12.1 Å². The molecule has 0 aromatic heterocycles. The summed E-state index contributed by atoms with van der Waals surface area (Å²) in [7, 11) is 0. The standard InChI is InChI=1S/C22H27ClO5/c1-12(2)14-5-3-13(4-6-14)9-16-10-15(7-8-17(16)23)22-21(27)20(26)19(25)18(11-24)28-22/h3-8,10,12,18-22,24-27H,9,11H2,1-2H3/t18-,19-,20+,21-,22+/m1/s1. The lowest BCUT2D eigenvalue weighted by Gasteiger charge is -2.40. The Morgan fingerprint density at radius 1 is 0.964 bits per heavy atom. The van der Waals surface area contributed by atoms with Crippen LogP contribution in [0.15, 0.2) is 42.5 Å². The normalized spacial score (nSPS) is 27.9. The maximum absolute atomic E-state index is 10.4. The zero-order chi connectivity index (χ0) is 20.4. The largest absolute Gasteiger partial charge is 0.394 e. The quantitative estimate of drug-likeness (QED) is 0.612. The van der Waals surface area contributed by atoms with E-state index in [0.29, 0.717) is 22.9 Å². The molecule has 0 amide bonds. The Kier molecular flexibility index (Phi) is 6.76. The van der Waals surface area contributed by atoms with Gasteiger partial charge in [-0.25, -0.2) is 0 Å². The first-order chi connectivity index (χ1) is 13.3. The van der Waals surface area contributed by atoms with Gasteiger partial charge in [0.2, 0.25) is 0 Å². The molecule has 0 spiro atoms. The highest BCUT2D eigenvalue weighted by atomic mass is 35.5. The molecule has 1 fully saturated rings. The molecule has 0 saturated carbocycles. The van der Waals surface area contributed by atoms with Crippen LogP contribution in [0, 0.1) is 0 Å². The van der Waals surface area contributed by atoms with Crippen molar-refractivity contribution in [2.45, 2.75) is 56.7 Å². The van der Waals surface area contributed by atoms with E-state index in [2.05, 4.69) is 38.1 Å². The van der Waals surface area contributed by atoms with Gasteiger partial charge in [-0.15, -0.1) is 0 Å². The summed E-state index contributed by atoms with van der Waals surface area (Å²) in [6, 6.07) is 13.7. The zero-order valence-electron chi connectivity index (χ0n) is 16.0. The smallest absolute Gasteiger partial charge is 0.113 e. The number of benzene rings is 2. The SMILES string of the molecule is CC(C)c1ccc(Cc2cc([C@@H]3O[C@H](CO)[C@@H](O)[C@H](O)[C@H]3O)ccc2Cl)cc1. The van der Waals surface area contributed by atoms with Gasteiger partial charge in [-0.3, -0.25) is 0 Å². The Balaban J connectivity index is 1.84. The van der Waals surface area contributed by atoms with Crippen LogP contribution in [0.2, 0.25) is 5.02 Å². The van der Waals surface area contributed by atoms with Crippen molar-refractivity contribution in [1.29, 1.82) is 0 Å². The van der Waals surface area contributed by atoms with E-state index in [1.165, 1.54) is 5.56 Å². The van der Waals surface area contributed by atoms with Crippen molar-refractivity contribution >= 4 is 11.6 Å². The van der Waals surface area contributed by atoms with Crippen LogP contribution >= 0.6 is 11.6 Å². The summed E-state index contributed by atoms with van der Waals surface area (Å²) >= 11 is 6.38. The van der Waals surface area contributed by atoms with Crippen molar-refractivity contribution in [3.05, 3.63) is 69.7 Å². The minimum absolute atomic E-state index is 0.454. The van der Waals surface area contributed by atoms with Crippen LogP contribution in [-0.2, 0) is 11.2 Å². The molecular formula is C22H27ClO5. The number of aliphatic hydroxyl groups excluding tert-OH is 4. The van der Waals surface area contributed by atoms with E-state index >= 15 is 0 Å². The third kappa shape index (κ3) is 4.40. The summed E-state index contributed by atoms with van der Waals surface area (Å²) in [5.41, 5.74) is 3.88. The molecule has 0 unspecified atom stereocenters. The molecule has 152 valence electrons. The van der Waals surface area contributed by atoms with Gasteiger partial charge in [-0.1, -0.05) is 61.8 Å². The molecule has 5 atom stereocenters. The molecule has 0 bridgehead atoms. The van der Waals surface area contributed by atoms with Gasteiger partial charge in [-0.2, -0.15) is 0 Å². The van der Waals surface area contributed by atoms with E-state index in [-0.39, 0.29) is 0 Å². The number of rotatable bonds is 5. The van der Waals surface area contributed by atoms with Crippen molar-refractivity contribution in [2.75, 3.05) is 6.61 Å². The lowest BCUT2D eigenvalue weighted by Crippen LogP contribution is -2.55. The molecular weight excluding hydrogens is 380 g/mol. The monoisotopic (exact) mass is 406 g/mol. The third-order valence-electron chi connectivity index (χ3n) is 5.33. The highest BCUT2D eigenvalue weighted by Crippen LogP contribution is 2.34. The molecule has 1 aliphatic rings. The second kappa shape index (κ2) is 8.91. The summed E-state index contributed by atoms with van der Waals surface area (Å²) in [4.78, 5) is 0. The molecule has 28 heavy (non-hydrogen) atoms. The second-order valence-electron chi connectivity index (χ2n) is 7.67. The van der Waals surface area contributed by atoms with Crippen LogP contribution in [0.1, 0.15) is 48.1 Å². The maximum atomic E-state index is 10.4. The molecule has 0 aliphatic carbocycles. The number of hydrogen-bond donors (Lipinski definition) is 4. The van der Waals surface area contributed by atoms with Gasteiger partial charge in [0.15, 0.2) is 0 Å². The van der Waals surface area contributed by atoms with Gasteiger partial charge in [0.1, 0.15) is 30.5 Å². The predicted molar refractivity (Wildman–Crippen MR) is 108 cm³/mol. The maximum Gasteiger partial charge on any atom is 0.113 e. The van der Waals surface area contributed by atoms with Crippen molar-refractivity contribution in [3.8, 4) is 0 Å². The summed E-state index contributed by atoms with van der Waals surface area (Å²) in [5, 5.41) is 40.3. The van der Waals surface area contributed by atoms with E-state index in [4.69, 9.17) is 16.3 Å². The van der Waals surface area contributed by atoms with Gasteiger partial charge >= 0.3 is 0 Å². The first-order valence-corrected chi connectivity index (χ1v) is 9.87. The lowest BCUT2D eigenvalue weighted by atomic mass is 9.90. The number of hydrogen-bond acceptors (Lipinski definition) is 5. The Labute approximate surface area is 170 Å². The van der Waals surface area contributed by atoms with Gasteiger partial charge in [-0.05, 0) is 40.7 Å². The van der Waals surface area contributed by atoms with Gasteiger partial charge < -0.3 is 25.2 Å². The minimum atomic E-state index is -1.40. The van der Waals surface area contributed by atoms with Crippen molar-refractivity contribution in [3.63, 3.8) is 0 Å². The van der Waals surface area contributed by atoms with E-state index in [0.717, 1.165) is 11.1 Å². The highest BCUT2D eigenvalue weighted by molar-refractivity contribution is 6.31. The Morgan fingerprint density at radius 3 is 2.25 bits per heavy atom. The van der Waals surface area contributed by atoms with Gasteiger partial charge in [0.25, 0.3) is 0 Å². The molecule has 0 radical (unpaired) electrons. The molecule has 2 aromatic rings. The lowest BCUT2D eigenvalue weighted by molar-refractivity contribution is -0.231. The Morgan fingerprint density at radius 2 is 1.64 bits per heavy atom. The summed E-state index contributed by atoms with van der Waals surface area (Å²) < 4.78 is 5.65. The Hall–Kier alpha value is -1.47. The molecule has 5 nitrogen and oxygen atoms in total. The van der Waals surface area contributed by atoms with Crippen molar-refractivity contribution < 1.29 is 25.2 Å². The second-order valence-corrected chi connectivity index (χ2v) is 8.08.